The van der Waals surface area contributed by atoms with E-state index in [1.54, 1.807) is 13.8 Å². The first-order chi connectivity index (χ1) is 4.55. The maximum atomic E-state index is 11.0. The van der Waals surface area contributed by atoms with Crippen molar-refractivity contribution in [2.75, 3.05) is 6.61 Å². The van der Waals surface area contributed by atoms with Gasteiger partial charge < -0.3 is 4.74 Å². The molecule has 0 bridgehead atoms. The molecule has 0 spiro atoms. The number of cyclic esters (lactones) is 1. The van der Waals surface area contributed by atoms with Crippen LogP contribution in [0.4, 0.5) is 0 Å². The Bertz CT molecular complexity index is 163. The molecule has 3 heteroatoms. The van der Waals surface area contributed by atoms with Gasteiger partial charge in [-0.2, -0.15) is 0 Å². The maximum Gasteiger partial charge on any atom is 0.319 e. The maximum absolute atomic E-state index is 11.0. The summed E-state index contributed by atoms with van der Waals surface area (Å²) in [7, 11) is 0. The van der Waals surface area contributed by atoms with E-state index in [-0.39, 0.29) is 12.4 Å². The van der Waals surface area contributed by atoms with Crippen LogP contribution >= 0.6 is 0 Å². The summed E-state index contributed by atoms with van der Waals surface area (Å²) >= 11 is 0. The normalized spacial score (nSPS) is 24.2. The molecule has 0 aromatic heterocycles. The number of hydrogen-bond acceptors (Lipinski definition) is 3. The third-order valence-electron chi connectivity index (χ3n) is 1.77. The monoisotopic (exact) mass is 142 g/mol. The minimum absolute atomic E-state index is 0.0243. The first-order valence-electron chi connectivity index (χ1n) is 3.25. The van der Waals surface area contributed by atoms with Gasteiger partial charge in [-0.3, -0.25) is 9.59 Å². The Balaban J connectivity index is 2.83. The van der Waals surface area contributed by atoms with Gasteiger partial charge in [-0.25, -0.2) is 0 Å². The van der Waals surface area contributed by atoms with E-state index in [1.165, 1.54) is 0 Å². The molecule has 0 amide bonds. The van der Waals surface area contributed by atoms with Crippen LogP contribution in [0.1, 0.15) is 20.3 Å². The molecule has 1 heterocycles. The summed E-state index contributed by atoms with van der Waals surface area (Å²) in [5.41, 5.74) is -0.905. The molecule has 0 aromatic carbocycles. The molecule has 0 aromatic rings. The van der Waals surface area contributed by atoms with Gasteiger partial charge in [0.25, 0.3) is 0 Å². The predicted octanol–water partition coefficient (Wildman–Crippen LogP) is 0.529. The molecule has 0 atom stereocenters. The summed E-state index contributed by atoms with van der Waals surface area (Å²) in [6.07, 6.45) is 0.360. The molecule has 0 aliphatic carbocycles. The lowest BCUT2D eigenvalue weighted by atomic mass is 9.85. The number of ether oxygens (including phenoxy) is 1. The first-order valence-corrected chi connectivity index (χ1v) is 3.25. The zero-order valence-corrected chi connectivity index (χ0v) is 6.14. The Labute approximate surface area is 59.4 Å². The molecule has 10 heavy (non-hydrogen) atoms. The lowest BCUT2D eigenvalue weighted by molar-refractivity contribution is -0.164. The Morgan fingerprint density at radius 2 is 2.00 bits per heavy atom. The lowest BCUT2D eigenvalue weighted by Gasteiger charge is -2.25. The fraction of sp³-hybridized carbons (Fsp3) is 0.714. The van der Waals surface area contributed by atoms with Gasteiger partial charge in [0, 0.05) is 6.42 Å². The molecule has 3 nitrogen and oxygen atoms in total. The van der Waals surface area contributed by atoms with Gasteiger partial charge in [0.1, 0.15) is 5.41 Å². The Morgan fingerprint density at radius 1 is 1.40 bits per heavy atom. The first kappa shape index (κ1) is 7.25. The van der Waals surface area contributed by atoms with Crippen molar-refractivity contribution in [3.8, 4) is 0 Å². The van der Waals surface area contributed by atoms with E-state index in [0.717, 1.165) is 0 Å². The van der Waals surface area contributed by atoms with Gasteiger partial charge >= 0.3 is 5.97 Å². The molecular weight excluding hydrogens is 132 g/mol. The van der Waals surface area contributed by atoms with Crippen molar-refractivity contribution < 1.29 is 14.3 Å². The van der Waals surface area contributed by atoms with Gasteiger partial charge in [-0.05, 0) is 13.8 Å². The molecule has 0 radical (unpaired) electrons. The van der Waals surface area contributed by atoms with E-state index in [2.05, 4.69) is 0 Å². The summed E-state index contributed by atoms with van der Waals surface area (Å²) in [5, 5.41) is 0. The highest BCUT2D eigenvalue weighted by atomic mass is 16.5. The smallest absolute Gasteiger partial charge is 0.319 e. The quantitative estimate of drug-likeness (QED) is 0.366. The number of rotatable bonds is 0. The summed E-state index contributed by atoms with van der Waals surface area (Å²) in [6.45, 7) is 3.44. The second-order valence-corrected chi connectivity index (χ2v) is 2.93. The lowest BCUT2D eigenvalue weighted by Crippen LogP contribution is -2.40. The standard InChI is InChI=1S/C7H10O3/c1-7(2)5(8)3-4-10-6(7)9/h3-4H2,1-2H3. The van der Waals surface area contributed by atoms with Crippen molar-refractivity contribution in [2.24, 2.45) is 5.41 Å². The van der Waals surface area contributed by atoms with Crippen molar-refractivity contribution in [2.45, 2.75) is 20.3 Å². The highest BCUT2D eigenvalue weighted by molar-refractivity contribution is 6.04. The average Bonchev–Trinajstić information content (AvgIpc) is 1.84. The van der Waals surface area contributed by atoms with Crippen LogP contribution in [-0.2, 0) is 14.3 Å². The largest absolute Gasteiger partial charge is 0.464 e. The minimum atomic E-state index is -0.905. The molecule has 0 N–H and O–H groups in total. The van der Waals surface area contributed by atoms with Crippen LogP contribution in [0.25, 0.3) is 0 Å². The van der Waals surface area contributed by atoms with Crippen molar-refractivity contribution in [1.82, 2.24) is 0 Å². The van der Waals surface area contributed by atoms with E-state index < -0.39 is 11.4 Å². The van der Waals surface area contributed by atoms with Crippen LogP contribution in [0.2, 0.25) is 0 Å². The number of Topliss-reactive ketones (excluding diaryl/α,β-unsaturated/α-hetero) is 1. The molecule has 1 aliphatic heterocycles. The van der Waals surface area contributed by atoms with Crippen molar-refractivity contribution >= 4 is 11.8 Å². The van der Waals surface area contributed by atoms with Crippen LogP contribution in [0, 0.1) is 5.41 Å². The molecule has 56 valence electrons. The van der Waals surface area contributed by atoms with Gasteiger partial charge in [-0.1, -0.05) is 0 Å². The Hall–Kier alpha value is -0.860. The van der Waals surface area contributed by atoms with E-state index in [1.807, 2.05) is 0 Å². The van der Waals surface area contributed by atoms with Gasteiger partial charge in [0.2, 0.25) is 0 Å². The van der Waals surface area contributed by atoms with E-state index in [4.69, 9.17) is 4.74 Å². The second-order valence-electron chi connectivity index (χ2n) is 2.93. The fourth-order valence-electron chi connectivity index (χ4n) is 0.843. The highest BCUT2D eigenvalue weighted by Gasteiger charge is 2.40. The Morgan fingerprint density at radius 3 is 2.40 bits per heavy atom. The van der Waals surface area contributed by atoms with Crippen LogP contribution in [0.5, 0.6) is 0 Å². The number of carbonyl (C=O) groups excluding carboxylic acids is 2. The number of esters is 1. The molecule has 0 unspecified atom stereocenters. The number of ketones is 1. The third kappa shape index (κ3) is 0.916. The summed E-state index contributed by atoms with van der Waals surface area (Å²) < 4.78 is 4.70. The Kier molecular flexibility index (Phi) is 1.50. The van der Waals surface area contributed by atoms with Crippen molar-refractivity contribution in [3.05, 3.63) is 0 Å². The fourth-order valence-corrected chi connectivity index (χ4v) is 0.843. The summed E-state index contributed by atoms with van der Waals surface area (Å²) in [5.74, 6) is -0.424. The van der Waals surface area contributed by atoms with Crippen LogP contribution in [0.15, 0.2) is 0 Å². The zero-order valence-electron chi connectivity index (χ0n) is 6.14. The minimum Gasteiger partial charge on any atom is -0.464 e. The van der Waals surface area contributed by atoms with Gasteiger partial charge in [-0.15, -0.1) is 0 Å². The van der Waals surface area contributed by atoms with Crippen molar-refractivity contribution in [1.29, 1.82) is 0 Å². The van der Waals surface area contributed by atoms with Crippen molar-refractivity contribution in [3.63, 3.8) is 0 Å². The molecule has 1 fully saturated rings. The predicted molar refractivity (Wildman–Crippen MR) is 34.4 cm³/mol. The zero-order chi connectivity index (χ0) is 7.78. The van der Waals surface area contributed by atoms with E-state index in [0.29, 0.717) is 6.42 Å². The molecule has 1 aliphatic rings. The molecule has 1 rings (SSSR count). The van der Waals surface area contributed by atoms with Crippen LogP contribution in [0.3, 0.4) is 0 Å². The average molecular weight is 142 g/mol. The highest BCUT2D eigenvalue weighted by Crippen LogP contribution is 2.24. The SMILES string of the molecule is CC1(C)C(=O)CCOC1=O. The topological polar surface area (TPSA) is 43.4 Å². The van der Waals surface area contributed by atoms with E-state index >= 15 is 0 Å². The summed E-state index contributed by atoms with van der Waals surface area (Å²) in [6, 6.07) is 0. The molecular formula is C7H10O3. The van der Waals surface area contributed by atoms with Gasteiger partial charge in [0.05, 0.1) is 6.61 Å². The number of carbonyl (C=O) groups is 2. The third-order valence-corrected chi connectivity index (χ3v) is 1.77. The van der Waals surface area contributed by atoms with Crippen LogP contribution < -0.4 is 0 Å². The molecule has 1 saturated heterocycles. The van der Waals surface area contributed by atoms with Gasteiger partial charge in [0.15, 0.2) is 5.78 Å². The van der Waals surface area contributed by atoms with E-state index in [9.17, 15) is 9.59 Å². The summed E-state index contributed by atoms with van der Waals surface area (Å²) in [4.78, 5) is 21.9. The second kappa shape index (κ2) is 2.08. The number of hydrogen-bond donors (Lipinski definition) is 0. The molecule has 0 saturated carbocycles. The van der Waals surface area contributed by atoms with Crippen LogP contribution in [-0.4, -0.2) is 18.4 Å².